The van der Waals surface area contributed by atoms with Crippen molar-refractivity contribution in [2.75, 3.05) is 0 Å². The largest absolute Gasteiger partial charge is 0.310 e. The smallest absolute Gasteiger partial charge is 0.217 e. The predicted molar refractivity (Wildman–Crippen MR) is 115 cm³/mol. The molecule has 0 atom stereocenters. The normalized spacial score (nSPS) is 18.9. The van der Waals surface area contributed by atoms with Gasteiger partial charge in [0.15, 0.2) is 7.14 Å². The first-order chi connectivity index (χ1) is 13.7. The van der Waals surface area contributed by atoms with E-state index in [2.05, 4.69) is 0 Å². The lowest BCUT2D eigenvalue weighted by Crippen LogP contribution is -2.11. The highest BCUT2D eigenvalue weighted by molar-refractivity contribution is 7.78. The number of allylic oxidation sites excluding steroid dienone is 12. The third-order valence-corrected chi connectivity index (χ3v) is 10.1. The summed E-state index contributed by atoms with van der Waals surface area (Å²) >= 11 is 0. The van der Waals surface area contributed by atoms with Gasteiger partial charge in [-0.1, -0.05) is 36.5 Å². The van der Waals surface area contributed by atoms with E-state index in [4.69, 9.17) is 0 Å². The van der Waals surface area contributed by atoms with Crippen LogP contribution < -0.4 is 0 Å². The first-order valence-electron chi connectivity index (χ1n) is 8.32. The highest BCUT2D eigenvalue weighted by Crippen LogP contribution is 2.70. The average molecular weight is 470 g/mol. The van der Waals surface area contributed by atoms with Crippen molar-refractivity contribution >= 4 is 52.6 Å². The molecule has 0 aromatic heterocycles. The van der Waals surface area contributed by atoms with Gasteiger partial charge in [-0.3, -0.25) is 0 Å². The van der Waals surface area contributed by atoms with Crippen LogP contribution in [0.5, 0.6) is 0 Å². The molecule has 29 heavy (non-hydrogen) atoms. The summed E-state index contributed by atoms with van der Waals surface area (Å²) in [5.41, 5.74) is 0. The monoisotopic (exact) mass is 470 g/mol. The zero-order valence-electron chi connectivity index (χ0n) is 14.8. The predicted octanol–water partition coefficient (Wildman–Crippen LogP) is 2.04. The molecule has 0 saturated carbocycles. The highest BCUT2D eigenvalue weighted by atomic mass is 32.2. The highest BCUT2D eigenvalue weighted by Gasteiger charge is 2.38. The van der Waals surface area contributed by atoms with Crippen molar-refractivity contribution in [2.45, 2.75) is 19.3 Å². The first-order valence-corrected chi connectivity index (χ1v) is 13.3. The molecular weight excluding hydrogens is 455 g/mol. The van der Waals surface area contributed by atoms with Gasteiger partial charge in [0, 0.05) is 35.2 Å². The number of rotatable bonds is 3. The summed E-state index contributed by atoms with van der Waals surface area (Å²) in [6.45, 7) is 0. The second-order valence-electron chi connectivity index (χ2n) is 6.29. The summed E-state index contributed by atoms with van der Waals surface area (Å²) in [5, 5.41) is 0.943. The molecule has 0 spiro atoms. The lowest BCUT2D eigenvalue weighted by Gasteiger charge is -2.29. The van der Waals surface area contributed by atoms with E-state index >= 15 is 0 Å². The third kappa shape index (κ3) is 4.35. The van der Waals surface area contributed by atoms with E-state index < -0.39 is 38.0 Å². The molecule has 152 valence electrons. The van der Waals surface area contributed by atoms with E-state index in [0.717, 1.165) is 0 Å². The van der Waals surface area contributed by atoms with Crippen molar-refractivity contribution in [2.24, 2.45) is 0 Å². The van der Waals surface area contributed by atoms with Gasteiger partial charge in [0.05, 0.1) is 14.6 Å². The quantitative estimate of drug-likeness (QED) is 0.457. The molecule has 0 amide bonds. The van der Waals surface area contributed by atoms with Crippen LogP contribution in [0, 0.1) is 0 Å². The van der Waals surface area contributed by atoms with Gasteiger partial charge >= 0.3 is 0 Å². The van der Waals surface area contributed by atoms with E-state index in [-0.39, 0.29) is 33.9 Å². The topological polar surface area (TPSA) is 119 Å². The average Bonchev–Trinajstić information content (AvgIpc) is 2.73. The van der Waals surface area contributed by atoms with Crippen molar-refractivity contribution in [3.8, 4) is 0 Å². The number of hydrogen-bond acceptors (Lipinski definition) is 7. The zero-order chi connectivity index (χ0) is 21.2. The minimum atomic E-state index is -3.63. The Labute approximate surface area is 172 Å². The van der Waals surface area contributed by atoms with Crippen molar-refractivity contribution in [1.29, 1.82) is 0 Å². The molecule has 3 aliphatic carbocycles. The Bertz CT molecular complexity index is 1240. The molecule has 0 bridgehead atoms. The van der Waals surface area contributed by atoms with E-state index in [1.807, 2.05) is 0 Å². The van der Waals surface area contributed by atoms with Gasteiger partial charge in [-0.25, -0.2) is 0 Å². The molecule has 0 saturated heterocycles. The molecule has 11 heteroatoms. The van der Waals surface area contributed by atoms with Crippen LogP contribution in [0.25, 0.3) is 0 Å². The number of hydrogen-bond donors (Lipinski definition) is 0. The molecule has 7 nitrogen and oxygen atoms in total. The van der Waals surface area contributed by atoms with Crippen LogP contribution in [-0.4, -0.2) is 39.8 Å². The Morgan fingerprint density at radius 3 is 1.07 bits per heavy atom. The van der Waals surface area contributed by atoms with Crippen molar-refractivity contribution in [3.05, 3.63) is 70.6 Å². The van der Waals surface area contributed by atoms with Crippen LogP contribution in [0.15, 0.2) is 70.6 Å². The minimum Gasteiger partial charge on any atom is -0.310 e. The molecule has 0 aromatic rings. The van der Waals surface area contributed by atoms with Crippen LogP contribution in [0.3, 0.4) is 0 Å². The van der Waals surface area contributed by atoms with E-state index in [1.54, 1.807) is 18.2 Å². The fourth-order valence-corrected chi connectivity index (χ4v) is 8.12. The SMILES string of the molecule is O=S(=O)=C1C=CC=C(P(=O)(C2=CC=CC(=S(=O)=O)C2)C2=CC=CC(=S(=O)=O)C2)C1. The summed E-state index contributed by atoms with van der Waals surface area (Å²) in [4.78, 5) is 0.152. The summed E-state index contributed by atoms with van der Waals surface area (Å²) in [6.07, 6.45) is 13.0. The van der Waals surface area contributed by atoms with Crippen LogP contribution in [0.4, 0.5) is 0 Å². The third-order valence-electron chi connectivity index (χ3n) is 4.63. The molecule has 0 aliphatic heterocycles. The molecule has 0 aromatic carbocycles. The van der Waals surface area contributed by atoms with E-state index in [0.29, 0.717) is 15.9 Å². The Kier molecular flexibility index (Phi) is 6.38. The van der Waals surface area contributed by atoms with Gasteiger partial charge in [0.1, 0.15) is 0 Å². The maximum Gasteiger partial charge on any atom is 0.217 e. The second kappa shape index (κ2) is 8.62. The van der Waals surface area contributed by atoms with Gasteiger partial charge in [0.25, 0.3) is 0 Å². The maximum absolute atomic E-state index is 14.4. The summed E-state index contributed by atoms with van der Waals surface area (Å²) in [5.74, 6) is 0. The van der Waals surface area contributed by atoms with Crippen LogP contribution in [0.2, 0.25) is 0 Å². The van der Waals surface area contributed by atoms with Crippen LogP contribution >= 0.6 is 7.14 Å². The zero-order valence-corrected chi connectivity index (χ0v) is 18.2. The van der Waals surface area contributed by atoms with Gasteiger partial charge in [-0.15, -0.1) is 0 Å². The Hall–Kier alpha value is -2.26. The summed E-state index contributed by atoms with van der Waals surface area (Å²) in [7, 11) is -11.1. The lowest BCUT2D eigenvalue weighted by atomic mass is 10.2. The molecular formula is C18H15O7PS3. The van der Waals surface area contributed by atoms with Gasteiger partial charge in [0.2, 0.25) is 30.9 Å². The molecule has 0 radical (unpaired) electrons. The second-order valence-corrected chi connectivity index (χ2v) is 12.2. The van der Waals surface area contributed by atoms with Crippen molar-refractivity contribution < 1.29 is 29.8 Å². The van der Waals surface area contributed by atoms with Crippen molar-refractivity contribution in [1.82, 2.24) is 0 Å². The van der Waals surface area contributed by atoms with E-state index in [1.165, 1.54) is 36.5 Å². The molecule has 0 N–H and O–H groups in total. The summed E-state index contributed by atoms with van der Waals surface area (Å²) < 4.78 is 83.0. The Balaban J connectivity index is 2.24. The fraction of sp³-hybridized carbons (Fsp3) is 0.167. The summed E-state index contributed by atoms with van der Waals surface area (Å²) in [6, 6.07) is 0. The molecule has 0 unspecified atom stereocenters. The molecule has 0 fully saturated rings. The lowest BCUT2D eigenvalue weighted by molar-refractivity contribution is 0.585. The van der Waals surface area contributed by atoms with Crippen LogP contribution in [-0.2, 0) is 35.4 Å². The van der Waals surface area contributed by atoms with Gasteiger partial charge in [-0.05, 0) is 18.2 Å². The standard InChI is InChI=1S/C18H15O7PS3/c19-26(13-4-1-7-16(10-13)27(20)21,14-5-2-8-17(11-14)28(22)23)15-6-3-9-18(12-15)29(24)25/h1-9H,10-12H2. The molecule has 0 heterocycles. The Morgan fingerprint density at radius 2 is 0.828 bits per heavy atom. The molecule has 3 aliphatic rings. The fourth-order valence-electron chi connectivity index (χ4n) is 3.23. The van der Waals surface area contributed by atoms with Gasteiger partial charge < -0.3 is 4.57 Å². The minimum absolute atomic E-state index is 0.0508. The van der Waals surface area contributed by atoms with Crippen molar-refractivity contribution in [3.63, 3.8) is 0 Å². The van der Waals surface area contributed by atoms with Crippen LogP contribution in [0.1, 0.15) is 19.3 Å². The van der Waals surface area contributed by atoms with E-state index in [9.17, 15) is 29.8 Å². The maximum atomic E-state index is 14.4. The molecule has 3 rings (SSSR count). The Morgan fingerprint density at radius 1 is 0.552 bits per heavy atom. The van der Waals surface area contributed by atoms with Gasteiger partial charge in [-0.2, -0.15) is 25.3 Å². The first kappa shape index (κ1) is 21.4.